The molecule has 0 aliphatic carbocycles. The number of nitroso groups, excluding NO2 is 1. The van der Waals surface area contributed by atoms with Gasteiger partial charge in [0.05, 0.1) is 0 Å². The summed E-state index contributed by atoms with van der Waals surface area (Å²) in [6, 6.07) is 0. The third kappa shape index (κ3) is 2.06. The molecule has 7 heteroatoms. The summed E-state index contributed by atoms with van der Waals surface area (Å²) in [5.41, 5.74) is 4.40. The number of aromatic amines is 1. The van der Waals surface area contributed by atoms with Crippen LogP contribution in [0, 0.1) is 4.91 Å². The van der Waals surface area contributed by atoms with Crippen molar-refractivity contribution in [1.29, 1.82) is 0 Å². The Balaban J connectivity index is 3.11. The highest BCUT2D eigenvalue weighted by molar-refractivity contribution is 5.60. The van der Waals surface area contributed by atoms with E-state index in [4.69, 9.17) is 5.73 Å². The van der Waals surface area contributed by atoms with Crippen LogP contribution >= 0.6 is 0 Å². The second kappa shape index (κ2) is 4.35. The Morgan fingerprint density at radius 3 is 2.93 bits per heavy atom. The number of nitrogens with zero attached hydrogens (tertiary/aromatic N) is 2. The monoisotopic (exact) mass is 197 g/mol. The first-order chi connectivity index (χ1) is 6.69. The average Bonchev–Trinajstić information content (AvgIpc) is 2.14. The molecular weight excluding hydrogens is 186 g/mol. The molecule has 1 heterocycles. The summed E-state index contributed by atoms with van der Waals surface area (Å²) in [6.45, 7) is 2.54. The highest BCUT2D eigenvalue weighted by Gasteiger charge is 2.09. The van der Waals surface area contributed by atoms with Crippen LogP contribution in [0.4, 0.5) is 17.5 Å². The minimum Gasteiger partial charge on any atom is -0.369 e. The van der Waals surface area contributed by atoms with E-state index in [2.05, 4.69) is 20.5 Å². The first-order valence-electron chi connectivity index (χ1n) is 4.16. The van der Waals surface area contributed by atoms with Crippen LogP contribution in [0.2, 0.25) is 0 Å². The molecule has 0 amide bonds. The van der Waals surface area contributed by atoms with E-state index < -0.39 is 5.56 Å². The van der Waals surface area contributed by atoms with Crippen LogP contribution in [-0.2, 0) is 0 Å². The largest absolute Gasteiger partial charge is 0.369 e. The van der Waals surface area contributed by atoms with Gasteiger partial charge in [0.25, 0.3) is 5.56 Å². The highest BCUT2D eigenvalue weighted by atomic mass is 16.3. The van der Waals surface area contributed by atoms with Gasteiger partial charge in [-0.1, -0.05) is 6.92 Å². The van der Waals surface area contributed by atoms with Crippen molar-refractivity contribution in [3.05, 3.63) is 15.3 Å². The molecular formula is C7H11N5O2. The lowest BCUT2D eigenvalue weighted by Gasteiger charge is -2.04. The third-order valence-electron chi connectivity index (χ3n) is 1.55. The van der Waals surface area contributed by atoms with E-state index in [0.717, 1.165) is 6.42 Å². The zero-order chi connectivity index (χ0) is 10.6. The molecule has 76 valence electrons. The van der Waals surface area contributed by atoms with Crippen LogP contribution in [0.1, 0.15) is 13.3 Å². The lowest BCUT2D eigenvalue weighted by Crippen LogP contribution is -2.14. The van der Waals surface area contributed by atoms with E-state index in [-0.39, 0.29) is 17.5 Å². The smallest absolute Gasteiger partial charge is 0.284 e. The molecule has 1 aromatic rings. The van der Waals surface area contributed by atoms with Crippen molar-refractivity contribution in [3.63, 3.8) is 0 Å². The predicted octanol–water partition coefficient (Wildman–Crippen LogP) is 0.572. The van der Waals surface area contributed by atoms with Crippen LogP contribution in [0.15, 0.2) is 9.97 Å². The maximum Gasteiger partial charge on any atom is 0.284 e. The minimum absolute atomic E-state index is 0.0407. The molecule has 1 aromatic heterocycles. The number of anilines is 2. The molecule has 0 aliphatic heterocycles. The number of nitrogen functional groups attached to an aromatic ring is 1. The molecule has 0 saturated heterocycles. The van der Waals surface area contributed by atoms with Crippen molar-refractivity contribution in [1.82, 2.24) is 9.97 Å². The van der Waals surface area contributed by atoms with Gasteiger partial charge in [-0.3, -0.25) is 9.78 Å². The van der Waals surface area contributed by atoms with Gasteiger partial charge >= 0.3 is 0 Å². The third-order valence-corrected chi connectivity index (χ3v) is 1.55. The van der Waals surface area contributed by atoms with E-state index in [0.29, 0.717) is 6.54 Å². The molecule has 0 bridgehead atoms. The van der Waals surface area contributed by atoms with Gasteiger partial charge < -0.3 is 11.1 Å². The fourth-order valence-corrected chi connectivity index (χ4v) is 0.936. The molecule has 0 unspecified atom stereocenters. The van der Waals surface area contributed by atoms with Crippen LogP contribution in [-0.4, -0.2) is 16.5 Å². The van der Waals surface area contributed by atoms with E-state index in [1.54, 1.807) is 0 Å². The van der Waals surface area contributed by atoms with Crippen molar-refractivity contribution in [2.24, 2.45) is 5.18 Å². The Kier molecular flexibility index (Phi) is 3.16. The summed E-state index contributed by atoms with van der Waals surface area (Å²) in [6.07, 6.45) is 0.840. The zero-order valence-electron chi connectivity index (χ0n) is 7.70. The quantitative estimate of drug-likeness (QED) is 0.610. The molecule has 0 saturated carbocycles. The molecule has 0 radical (unpaired) electrons. The molecule has 0 spiro atoms. The number of aromatic nitrogens is 2. The van der Waals surface area contributed by atoms with Gasteiger partial charge in [0.15, 0.2) is 5.82 Å². The van der Waals surface area contributed by atoms with E-state index in [1.807, 2.05) is 6.92 Å². The minimum atomic E-state index is -0.633. The Bertz CT molecular complexity index is 386. The number of H-pyrrole nitrogens is 1. The molecule has 14 heavy (non-hydrogen) atoms. The number of nitrogens with one attached hydrogen (secondary N) is 2. The van der Waals surface area contributed by atoms with Crippen molar-refractivity contribution < 1.29 is 0 Å². The second-order valence-corrected chi connectivity index (χ2v) is 2.67. The standard InChI is InChI=1S/C7H11N5O2/c1-2-3-9-5-4(12-14)6(13)11-7(8)10-5/h2-3H2,1H3,(H4,8,9,10,11,13). The van der Waals surface area contributed by atoms with Crippen LogP contribution < -0.4 is 16.6 Å². The lowest BCUT2D eigenvalue weighted by molar-refractivity contribution is 0.963. The average molecular weight is 197 g/mol. The fraction of sp³-hybridized carbons (Fsp3) is 0.429. The highest BCUT2D eigenvalue weighted by Crippen LogP contribution is 2.16. The predicted molar refractivity (Wildman–Crippen MR) is 53.5 cm³/mol. The zero-order valence-corrected chi connectivity index (χ0v) is 7.70. The summed E-state index contributed by atoms with van der Waals surface area (Å²) >= 11 is 0. The van der Waals surface area contributed by atoms with Gasteiger partial charge in [-0.15, -0.1) is 4.91 Å². The Morgan fingerprint density at radius 2 is 2.36 bits per heavy atom. The van der Waals surface area contributed by atoms with Gasteiger partial charge in [0.2, 0.25) is 11.6 Å². The van der Waals surface area contributed by atoms with Gasteiger partial charge in [-0.25, -0.2) is 0 Å². The molecule has 0 aromatic carbocycles. The summed E-state index contributed by atoms with van der Waals surface area (Å²) in [5, 5.41) is 5.38. The molecule has 7 nitrogen and oxygen atoms in total. The number of nitrogens with two attached hydrogens (primary N) is 1. The molecule has 0 fully saturated rings. The van der Waals surface area contributed by atoms with Crippen LogP contribution in [0.25, 0.3) is 0 Å². The molecule has 0 aliphatic rings. The molecule has 0 atom stereocenters. The van der Waals surface area contributed by atoms with Crippen LogP contribution in [0.5, 0.6) is 0 Å². The van der Waals surface area contributed by atoms with Crippen LogP contribution in [0.3, 0.4) is 0 Å². The van der Waals surface area contributed by atoms with Crippen molar-refractivity contribution in [2.75, 3.05) is 17.6 Å². The first kappa shape index (κ1) is 10.2. The normalized spacial score (nSPS) is 9.79. The van der Waals surface area contributed by atoms with Gasteiger partial charge in [-0.2, -0.15) is 4.98 Å². The van der Waals surface area contributed by atoms with E-state index >= 15 is 0 Å². The van der Waals surface area contributed by atoms with E-state index in [9.17, 15) is 9.70 Å². The molecule has 4 N–H and O–H groups in total. The number of rotatable bonds is 4. The van der Waals surface area contributed by atoms with Gasteiger partial charge in [-0.05, 0) is 11.6 Å². The van der Waals surface area contributed by atoms with Gasteiger partial charge in [0.1, 0.15) is 0 Å². The van der Waals surface area contributed by atoms with Gasteiger partial charge in [0, 0.05) is 6.54 Å². The first-order valence-corrected chi connectivity index (χ1v) is 4.16. The summed E-state index contributed by atoms with van der Waals surface area (Å²) < 4.78 is 0. The molecule has 1 rings (SSSR count). The van der Waals surface area contributed by atoms with Crippen molar-refractivity contribution >= 4 is 17.5 Å². The summed E-state index contributed by atoms with van der Waals surface area (Å²) in [5.74, 6) is 0.0871. The fourth-order valence-electron chi connectivity index (χ4n) is 0.936. The Morgan fingerprint density at radius 1 is 1.64 bits per heavy atom. The number of hydrogen-bond donors (Lipinski definition) is 3. The Hall–Kier alpha value is -1.92. The maximum absolute atomic E-state index is 11.1. The second-order valence-electron chi connectivity index (χ2n) is 2.67. The maximum atomic E-state index is 11.1. The SMILES string of the molecule is CCCNc1nc(N)[nH]c(=O)c1N=O. The Labute approximate surface area is 79.7 Å². The van der Waals surface area contributed by atoms with E-state index in [1.165, 1.54) is 0 Å². The topological polar surface area (TPSA) is 113 Å². The van der Waals surface area contributed by atoms with Crippen molar-refractivity contribution in [3.8, 4) is 0 Å². The summed E-state index contributed by atoms with van der Waals surface area (Å²) in [4.78, 5) is 27.4. The number of hydrogen-bond acceptors (Lipinski definition) is 6. The lowest BCUT2D eigenvalue weighted by atomic mass is 10.4. The summed E-state index contributed by atoms with van der Waals surface area (Å²) in [7, 11) is 0. The van der Waals surface area contributed by atoms with Crippen molar-refractivity contribution in [2.45, 2.75) is 13.3 Å².